The Labute approximate surface area is 125 Å². The van der Waals surface area contributed by atoms with Gasteiger partial charge in [-0.25, -0.2) is 4.98 Å². The Bertz CT molecular complexity index is 523. The van der Waals surface area contributed by atoms with Crippen molar-refractivity contribution in [3.8, 4) is 11.5 Å². The van der Waals surface area contributed by atoms with Gasteiger partial charge in [0.05, 0.1) is 20.2 Å². The van der Waals surface area contributed by atoms with Crippen molar-refractivity contribution in [1.82, 2.24) is 14.9 Å². The molecule has 5 nitrogen and oxygen atoms in total. The molecule has 2 rings (SSSR count). The third-order valence-electron chi connectivity index (χ3n) is 3.17. The van der Waals surface area contributed by atoms with E-state index in [0.717, 1.165) is 43.4 Å². The Hall–Kier alpha value is -2.01. The van der Waals surface area contributed by atoms with Crippen molar-refractivity contribution < 1.29 is 9.47 Å². The van der Waals surface area contributed by atoms with E-state index in [9.17, 15) is 0 Å². The second kappa shape index (κ2) is 8.32. The lowest BCUT2D eigenvalue weighted by Crippen LogP contribution is -2.19. The summed E-state index contributed by atoms with van der Waals surface area (Å²) in [7, 11) is 1.66. The van der Waals surface area contributed by atoms with E-state index in [2.05, 4.69) is 21.8 Å². The van der Waals surface area contributed by atoms with Gasteiger partial charge in [0.2, 0.25) is 0 Å². The van der Waals surface area contributed by atoms with Gasteiger partial charge in [-0.1, -0.05) is 6.92 Å². The zero-order valence-corrected chi connectivity index (χ0v) is 12.7. The highest BCUT2D eigenvalue weighted by molar-refractivity contribution is 5.31. The van der Waals surface area contributed by atoms with Crippen LogP contribution in [0.1, 0.15) is 19.2 Å². The summed E-state index contributed by atoms with van der Waals surface area (Å²) in [6, 6.07) is 7.62. The molecule has 1 aromatic carbocycles. The highest BCUT2D eigenvalue weighted by atomic mass is 16.5. The Morgan fingerprint density at radius 1 is 1.19 bits per heavy atom. The number of nitrogens with one attached hydrogen (secondary N) is 1. The van der Waals surface area contributed by atoms with E-state index in [1.807, 2.05) is 36.7 Å². The summed E-state index contributed by atoms with van der Waals surface area (Å²) in [6.07, 6.45) is 4.94. The first-order valence-electron chi connectivity index (χ1n) is 7.31. The molecule has 0 amide bonds. The number of hydrogen-bond acceptors (Lipinski definition) is 4. The standard InChI is InChI=1S/C16H23N3O2/c1-3-8-17-13-16-18-9-10-19(16)11-12-21-15-6-4-14(20-2)5-7-15/h4-7,9-10,17H,3,8,11-13H2,1-2H3. The number of rotatable bonds is 9. The Morgan fingerprint density at radius 3 is 2.67 bits per heavy atom. The third kappa shape index (κ3) is 4.79. The number of methoxy groups -OCH3 is 1. The van der Waals surface area contributed by atoms with Crippen LogP contribution in [0.4, 0.5) is 0 Å². The molecule has 0 saturated carbocycles. The summed E-state index contributed by atoms with van der Waals surface area (Å²) in [6.45, 7) is 5.36. The van der Waals surface area contributed by atoms with Gasteiger partial charge >= 0.3 is 0 Å². The highest BCUT2D eigenvalue weighted by Crippen LogP contribution is 2.16. The van der Waals surface area contributed by atoms with Gasteiger partial charge in [0.1, 0.15) is 23.9 Å². The summed E-state index contributed by atoms with van der Waals surface area (Å²) in [5, 5.41) is 3.36. The molecule has 0 spiro atoms. The lowest BCUT2D eigenvalue weighted by molar-refractivity contribution is 0.295. The molecule has 0 radical (unpaired) electrons. The second-order valence-electron chi connectivity index (χ2n) is 4.74. The van der Waals surface area contributed by atoms with E-state index < -0.39 is 0 Å². The summed E-state index contributed by atoms with van der Waals surface area (Å²) < 4.78 is 13.0. The van der Waals surface area contributed by atoms with E-state index in [1.54, 1.807) is 7.11 Å². The molecule has 5 heteroatoms. The summed E-state index contributed by atoms with van der Waals surface area (Å²) in [4.78, 5) is 4.36. The van der Waals surface area contributed by atoms with Crippen LogP contribution in [0.15, 0.2) is 36.7 Å². The maximum atomic E-state index is 5.73. The van der Waals surface area contributed by atoms with Crippen molar-refractivity contribution in [2.24, 2.45) is 0 Å². The fraction of sp³-hybridized carbons (Fsp3) is 0.438. The smallest absolute Gasteiger partial charge is 0.122 e. The molecule has 0 aliphatic rings. The summed E-state index contributed by atoms with van der Waals surface area (Å²) in [5.74, 6) is 2.73. The van der Waals surface area contributed by atoms with Gasteiger partial charge in [-0.3, -0.25) is 0 Å². The molecule has 2 aromatic rings. The molecule has 114 valence electrons. The van der Waals surface area contributed by atoms with Crippen LogP contribution in [-0.4, -0.2) is 29.8 Å². The molecular formula is C16H23N3O2. The molecule has 0 bridgehead atoms. The first-order valence-corrected chi connectivity index (χ1v) is 7.31. The number of ether oxygens (including phenoxy) is 2. The number of hydrogen-bond donors (Lipinski definition) is 1. The van der Waals surface area contributed by atoms with Gasteiger partial charge in [0.25, 0.3) is 0 Å². The molecule has 1 aromatic heterocycles. The zero-order chi connectivity index (χ0) is 14.9. The molecule has 21 heavy (non-hydrogen) atoms. The molecule has 0 saturated heterocycles. The summed E-state index contributed by atoms with van der Waals surface area (Å²) in [5.41, 5.74) is 0. The maximum Gasteiger partial charge on any atom is 0.122 e. The van der Waals surface area contributed by atoms with Crippen LogP contribution in [0, 0.1) is 0 Å². The largest absolute Gasteiger partial charge is 0.497 e. The van der Waals surface area contributed by atoms with Gasteiger partial charge < -0.3 is 19.4 Å². The van der Waals surface area contributed by atoms with E-state index >= 15 is 0 Å². The van der Waals surface area contributed by atoms with Gasteiger partial charge in [-0.2, -0.15) is 0 Å². The minimum atomic E-state index is 0.615. The van der Waals surface area contributed by atoms with Gasteiger partial charge in [-0.15, -0.1) is 0 Å². The van der Waals surface area contributed by atoms with Gasteiger partial charge in [-0.05, 0) is 37.2 Å². The van der Waals surface area contributed by atoms with Crippen molar-refractivity contribution >= 4 is 0 Å². The SMILES string of the molecule is CCCNCc1nccn1CCOc1ccc(OC)cc1. The van der Waals surface area contributed by atoms with E-state index in [-0.39, 0.29) is 0 Å². The second-order valence-corrected chi connectivity index (χ2v) is 4.74. The fourth-order valence-corrected chi connectivity index (χ4v) is 2.02. The van der Waals surface area contributed by atoms with Crippen molar-refractivity contribution in [2.45, 2.75) is 26.4 Å². The number of imidazole rings is 1. The van der Waals surface area contributed by atoms with Gasteiger partial charge in [0, 0.05) is 12.4 Å². The minimum absolute atomic E-state index is 0.615. The lowest BCUT2D eigenvalue weighted by atomic mass is 10.3. The van der Waals surface area contributed by atoms with Crippen molar-refractivity contribution in [2.75, 3.05) is 20.3 Å². The Kier molecular flexibility index (Phi) is 6.09. The fourth-order valence-electron chi connectivity index (χ4n) is 2.02. The monoisotopic (exact) mass is 289 g/mol. The topological polar surface area (TPSA) is 48.3 Å². The Morgan fingerprint density at radius 2 is 1.95 bits per heavy atom. The zero-order valence-electron chi connectivity index (χ0n) is 12.7. The summed E-state index contributed by atoms with van der Waals surface area (Å²) >= 11 is 0. The molecule has 0 unspecified atom stereocenters. The predicted octanol–water partition coefficient (Wildman–Crippen LogP) is 2.47. The first-order chi connectivity index (χ1) is 10.3. The molecule has 1 N–H and O–H groups in total. The number of benzene rings is 1. The molecule has 0 aliphatic carbocycles. The van der Waals surface area contributed by atoms with E-state index in [1.165, 1.54) is 0 Å². The van der Waals surface area contributed by atoms with Crippen molar-refractivity contribution in [3.05, 3.63) is 42.5 Å². The van der Waals surface area contributed by atoms with Crippen molar-refractivity contribution in [1.29, 1.82) is 0 Å². The van der Waals surface area contributed by atoms with Gasteiger partial charge in [0.15, 0.2) is 0 Å². The highest BCUT2D eigenvalue weighted by Gasteiger charge is 2.02. The van der Waals surface area contributed by atoms with Crippen molar-refractivity contribution in [3.63, 3.8) is 0 Å². The average molecular weight is 289 g/mol. The molecule has 0 fully saturated rings. The van der Waals surface area contributed by atoms with Crippen LogP contribution < -0.4 is 14.8 Å². The molecule has 1 heterocycles. The van der Waals surface area contributed by atoms with Crippen LogP contribution >= 0.6 is 0 Å². The van der Waals surface area contributed by atoms with Crippen LogP contribution in [0.2, 0.25) is 0 Å². The minimum Gasteiger partial charge on any atom is -0.497 e. The van der Waals surface area contributed by atoms with E-state index in [4.69, 9.17) is 9.47 Å². The van der Waals surface area contributed by atoms with Crippen LogP contribution in [0.5, 0.6) is 11.5 Å². The maximum absolute atomic E-state index is 5.73. The average Bonchev–Trinajstić information content (AvgIpc) is 2.96. The van der Waals surface area contributed by atoms with Crippen LogP contribution in [0.25, 0.3) is 0 Å². The van der Waals surface area contributed by atoms with E-state index in [0.29, 0.717) is 6.61 Å². The normalized spacial score (nSPS) is 10.6. The molecular weight excluding hydrogens is 266 g/mol. The first kappa shape index (κ1) is 15.4. The quantitative estimate of drug-likeness (QED) is 0.720. The predicted molar refractivity (Wildman–Crippen MR) is 82.7 cm³/mol. The third-order valence-corrected chi connectivity index (χ3v) is 3.17. The van der Waals surface area contributed by atoms with Crippen LogP contribution in [-0.2, 0) is 13.1 Å². The van der Waals surface area contributed by atoms with Crippen LogP contribution in [0.3, 0.4) is 0 Å². The Balaban J connectivity index is 1.78. The molecule has 0 atom stereocenters. The lowest BCUT2D eigenvalue weighted by Gasteiger charge is -2.10. The number of aromatic nitrogens is 2. The number of nitrogens with zero attached hydrogens (tertiary/aromatic N) is 2. The molecule has 0 aliphatic heterocycles.